The fourth-order valence-corrected chi connectivity index (χ4v) is 3.30. The lowest BCUT2D eigenvalue weighted by molar-refractivity contribution is -0.145. The third-order valence-corrected chi connectivity index (χ3v) is 4.86. The summed E-state index contributed by atoms with van der Waals surface area (Å²) < 4.78 is 0. The Morgan fingerprint density at radius 1 is 1.35 bits per heavy atom. The summed E-state index contributed by atoms with van der Waals surface area (Å²) in [4.78, 5) is 28.0. The lowest BCUT2D eigenvalue weighted by atomic mass is 9.81. The summed E-state index contributed by atoms with van der Waals surface area (Å²) in [5.41, 5.74) is -0.790. The van der Waals surface area contributed by atoms with Crippen molar-refractivity contribution >= 4 is 23.2 Å². The van der Waals surface area contributed by atoms with E-state index in [0.717, 1.165) is 24.3 Å². The van der Waals surface area contributed by atoms with Gasteiger partial charge in [0.1, 0.15) is 11.2 Å². The van der Waals surface area contributed by atoms with Crippen LogP contribution in [-0.4, -0.2) is 27.5 Å². The van der Waals surface area contributed by atoms with Gasteiger partial charge in [0.05, 0.1) is 5.01 Å². The Kier molecular flexibility index (Phi) is 4.42. The summed E-state index contributed by atoms with van der Waals surface area (Å²) in [5.74, 6) is -1.05. The number of carbonyl (C=O) groups excluding carboxylic acids is 1. The largest absolute Gasteiger partial charge is 0.480 e. The molecular formula is C14H20N2O3S. The molecule has 2 N–H and O–H groups in total. The Hall–Kier alpha value is -1.43. The molecule has 2 rings (SSSR count). The molecule has 1 heterocycles. The average Bonchev–Trinajstić information content (AvgIpc) is 2.89. The molecule has 6 heteroatoms. The van der Waals surface area contributed by atoms with Crippen LogP contribution in [0.3, 0.4) is 0 Å². The number of hydrogen-bond donors (Lipinski definition) is 2. The van der Waals surface area contributed by atoms with Crippen LogP contribution < -0.4 is 5.32 Å². The highest BCUT2D eigenvalue weighted by atomic mass is 32.1. The Morgan fingerprint density at radius 3 is 2.50 bits per heavy atom. The Morgan fingerprint density at radius 2 is 2.00 bits per heavy atom. The van der Waals surface area contributed by atoms with Gasteiger partial charge in [0, 0.05) is 11.3 Å². The minimum atomic E-state index is -1.11. The van der Waals surface area contributed by atoms with Gasteiger partial charge < -0.3 is 10.4 Å². The minimum Gasteiger partial charge on any atom is -0.480 e. The molecule has 1 fully saturated rings. The molecule has 0 aromatic carbocycles. The number of carbonyl (C=O) groups is 2. The van der Waals surface area contributed by atoms with Gasteiger partial charge in [0.2, 0.25) is 0 Å². The highest BCUT2D eigenvalue weighted by molar-refractivity contribution is 7.09. The number of nitrogens with zero attached hydrogens (tertiary/aromatic N) is 1. The summed E-state index contributed by atoms with van der Waals surface area (Å²) in [6.07, 6.45) is 3.69. The summed E-state index contributed by atoms with van der Waals surface area (Å²) >= 11 is 1.44. The highest BCUT2D eigenvalue weighted by Crippen LogP contribution is 2.29. The molecule has 1 saturated carbocycles. The zero-order valence-electron chi connectivity index (χ0n) is 11.8. The van der Waals surface area contributed by atoms with Crippen LogP contribution in [0.15, 0.2) is 5.38 Å². The van der Waals surface area contributed by atoms with E-state index in [1.54, 1.807) is 5.38 Å². The number of rotatable bonds is 4. The monoisotopic (exact) mass is 296 g/mol. The molecule has 0 radical (unpaired) electrons. The summed E-state index contributed by atoms with van der Waals surface area (Å²) in [6, 6.07) is 0. The lowest BCUT2D eigenvalue weighted by Gasteiger charge is -2.33. The predicted octanol–water partition coefficient (Wildman–Crippen LogP) is 2.78. The zero-order valence-corrected chi connectivity index (χ0v) is 12.6. The predicted molar refractivity (Wildman–Crippen MR) is 77.1 cm³/mol. The van der Waals surface area contributed by atoms with E-state index in [4.69, 9.17) is 0 Å². The van der Waals surface area contributed by atoms with Crippen molar-refractivity contribution in [1.29, 1.82) is 0 Å². The van der Waals surface area contributed by atoms with Crippen LogP contribution in [-0.2, 0) is 4.79 Å². The molecule has 1 aromatic rings. The Balaban J connectivity index is 2.13. The van der Waals surface area contributed by atoms with E-state index in [9.17, 15) is 14.7 Å². The fraction of sp³-hybridized carbons (Fsp3) is 0.643. The van der Waals surface area contributed by atoms with E-state index in [1.165, 1.54) is 11.3 Å². The van der Waals surface area contributed by atoms with E-state index < -0.39 is 11.5 Å². The Labute approximate surface area is 122 Å². The molecule has 0 aliphatic heterocycles. The van der Waals surface area contributed by atoms with Gasteiger partial charge in [0.25, 0.3) is 5.91 Å². The first-order chi connectivity index (χ1) is 9.44. The molecule has 1 aliphatic rings. The third kappa shape index (κ3) is 3.00. The number of nitrogens with one attached hydrogen (secondary N) is 1. The second kappa shape index (κ2) is 5.91. The van der Waals surface area contributed by atoms with E-state index >= 15 is 0 Å². The van der Waals surface area contributed by atoms with E-state index in [0.29, 0.717) is 18.5 Å². The van der Waals surface area contributed by atoms with E-state index in [-0.39, 0.29) is 11.8 Å². The molecule has 1 aliphatic carbocycles. The number of thiazole rings is 1. The van der Waals surface area contributed by atoms with Crippen LogP contribution in [0.25, 0.3) is 0 Å². The molecule has 0 bridgehead atoms. The molecule has 1 aromatic heterocycles. The molecule has 0 atom stereocenters. The van der Waals surface area contributed by atoms with E-state index in [2.05, 4.69) is 10.3 Å². The maximum atomic E-state index is 12.2. The molecule has 110 valence electrons. The summed E-state index contributed by atoms with van der Waals surface area (Å²) in [7, 11) is 0. The van der Waals surface area contributed by atoms with Crippen molar-refractivity contribution in [2.45, 2.75) is 57.4 Å². The third-order valence-electron chi connectivity index (χ3n) is 3.72. The molecule has 0 saturated heterocycles. The fourth-order valence-electron chi connectivity index (χ4n) is 2.49. The second-order valence-electron chi connectivity index (χ2n) is 5.63. The number of aromatic nitrogens is 1. The molecule has 5 nitrogen and oxygen atoms in total. The molecular weight excluding hydrogens is 276 g/mol. The topological polar surface area (TPSA) is 79.3 Å². The summed E-state index contributed by atoms with van der Waals surface area (Å²) in [5, 5.41) is 14.7. The van der Waals surface area contributed by atoms with Crippen molar-refractivity contribution < 1.29 is 14.7 Å². The average molecular weight is 296 g/mol. The minimum absolute atomic E-state index is 0.268. The first-order valence-corrected chi connectivity index (χ1v) is 7.84. The SMILES string of the molecule is CC(C)c1nc(C(=O)NC2(C(=O)O)CCCCC2)cs1. The standard InChI is InChI=1S/C14H20N2O3S/c1-9(2)12-15-10(8-20-12)11(17)16-14(13(18)19)6-4-3-5-7-14/h8-9H,3-7H2,1-2H3,(H,16,17)(H,18,19). The van der Waals surface area contributed by atoms with Gasteiger partial charge in [0.15, 0.2) is 0 Å². The molecule has 1 amide bonds. The van der Waals surface area contributed by atoms with Crippen LogP contribution in [0.4, 0.5) is 0 Å². The molecule has 0 spiro atoms. The van der Waals surface area contributed by atoms with Crippen molar-refractivity contribution in [3.63, 3.8) is 0 Å². The zero-order chi connectivity index (χ0) is 14.8. The van der Waals surface area contributed by atoms with Gasteiger partial charge in [-0.1, -0.05) is 33.1 Å². The van der Waals surface area contributed by atoms with Crippen LogP contribution in [0, 0.1) is 0 Å². The van der Waals surface area contributed by atoms with Crippen LogP contribution in [0.1, 0.15) is 67.4 Å². The van der Waals surface area contributed by atoms with Gasteiger partial charge in [-0.2, -0.15) is 0 Å². The molecule has 0 unspecified atom stereocenters. The smallest absolute Gasteiger partial charge is 0.329 e. The maximum absolute atomic E-state index is 12.2. The molecule has 20 heavy (non-hydrogen) atoms. The lowest BCUT2D eigenvalue weighted by Crippen LogP contribution is -2.55. The van der Waals surface area contributed by atoms with Crippen molar-refractivity contribution in [3.05, 3.63) is 16.1 Å². The van der Waals surface area contributed by atoms with Crippen molar-refractivity contribution in [3.8, 4) is 0 Å². The van der Waals surface area contributed by atoms with Crippen LogP contribution >= 0.6 is 11.3 Å². The number of hydrogen-bond acceptors (Lipinski definition) is 4. The number of amides is 1. The quantitative estimate of drug-likeness (QED) is 0.895. The maximum Gasteiger partial charge on any atom is 0.329 e. The van der Waals surface area contributed by atoms with Crippen molar-refractivity contribution in [2.24, 2.45) is 0 Å². The highest BCUT2D eigenvalue weighted by Gasteiger charge is 2.41. The normalized spacial score (nSPS) is 17.9. The second-order valence-corrected chi connectivity index (χ2v) is 6.52. The number of carboxylic acids is 1. The van der Waals surface area contributed by atoms with E-state index in [1.807, 2.05) is 13.8 Å². The van der Waals surface area contributed by atoms with Gasteiger partial charge >= 0.3 is 5.97 Å². The first-order valence-electron chi connectivity index (χ1n) is 6.96. The van der Waals surface area contributed by atoms with Gasteiger partial charge in [-0.05, 0) is 12.8 Å². The first kappa shape index (κ1) is 15.0. The Bertz CT molecular complexity index is 504. The van der Waals surface area contributed by atoms with Gasteiger partial charge in [-0.15, -0.1) is 11.3 Å². The van der Waals surface area contributed by atoms with Crippen molar-refractivity contribution in [2.75, 3.05) is 0 Å². The number of carboxylic acid groups (broad SMARTS) is 1. The van der Waals surface area contributed by atoms with Gasteiger partial charge in [-0.25, -0.2) is 9.78 Å². The van der Waals surface area contributed by atoms with Crippen LogP contribution in [0.5, 0.6) is 0 Å². The van der Waals surface area contributed by atoms with Crippen LogP contribution in [0.2, 0.25) is 0 Å². The summed E-state index contributed by atoms with van der Waals surface area (Å²) in [6.45, 7) is 4.03. The van der Waals surface area contributed by atoms with Gasteiger partial charge in [-0.3, -0.25) is 4.79 Å². The number of aliphatic carboxylic acids is 1. The van der Waals surface area contributed by atoms with Crippen molar-refractivity contribution in [1.82, 2.24) is 10.3 Å².